The van der Waals surface area contributed by atoms with E-state index >= 15 is 0 Å². The van der Waals surface area contributed by atoms with Crippen molar-refractivity contribution < 1.29 is 9.53 Å². The molecule has 0 bridgehead atoms. The molecule has 1 aromatic carbocycles. The second-order valence-electron chi connectivity index (χ2n) is 7.19. The largest absolute Gasteiger partial charge is 0.496 e. The van der Waals surface area contributed by atoms with Gasteiger partial charge in [-0.15, -0.1) is 0 Å². The van der Waals surface area contributed by atoms with Gasteiger partial charge in [0.05, 0.1) is 11.6 Å². The summed E-state index contributed by atoms with van der Waals surface area (Å²) in [5, 5.41) is 3.22. The highest BCUT2D eigenvalue weighted by molar-refractivity contribution is 9.10. The smallest absolute Gasteiger partial charge is 0.244 e. The van der Waals surface area contributed by atoms with E-state index in [-0.39, 0.29) is 5.91 Å². The van der Waals surface area contributed by atoms with Crippen molar-refractivity contribution in [1.29, 1.82) is 0 Å². The number of carbonyl (C=O) groups excluding carboxylic acids is 1. The van der Waals surface area contributed by atoms with Crippen LogP contribution in [0.3, 0.4) is 0 Å². The zero-order valence-corrected chi connectivity index (χ0v) is 17.5. The molecule has 1 amide bonds. The van der Waals surface area contributed by atoms with E-state index in [0.717, 1.165) is 28.6 Å². The van der Waals surface area contributed by atoms with Crippen LogP contribution < -0.4 is 10.1 Å². The van der Waals surface area contributed by atoms with Gasteiger partial charge in [-0.1, -0.05) is 63.9 Å². The predicted octanol–water partition coefficient (Wildman–Crippen LogP) is 6.26. The standard InChI is InChI=1S/C22H32BrNO2/c1-26-21-15-13-18(17-20(21)23)14-16-22(25)24-19-11-9-7-5-3-2-4-6-8-10-12-19/h13-17,19H,2-12H2,1H3,(H,24,25)/b16-14+. The van der Waals surface area contributed by atoms with Crippen molar-refractivity contribution >= 4 is 27.9 Å². The molecule has 1 aliphatic rings. The Morgan fingerprint density at radius 3 is 2.15 bits per heavy atom. The molecule has 144 valence electrons. The highest BCUT2D eigenvalue weighted by Gasteiger charge is 2.11. The molecule has 1 fully saturated rings. The van der Waals surface area contributed by atoms with Crippen LogP contribution in [-0.4, -0.2) is 19.1 Å². The summed E-state index contributed by atoms with van der Waals surface area (Å²) in [4.78, 5) is 12.3. The molecular weight excluding hydrogens is 390 g/mol. The number of carbonyl (C=O) groups is 1. The van der Waals surface area contributed by atoms with Crippen LogP contribution in [0, 0.1) is 0 Å². The van der Waals surface area contributed by atoms with Gasteiger partial charge in [-0.05, 0) is 52.5 Å². The van der Waals surface area contributed by atoms with E-state index in [2.05, 4.69) is 21.2 Å². The third kappa shape index (κ3) is 7.94. The Morgan fingerprint density at radius 2 is 1.62 bits per heavy atom. The van der Waals surface area contributed by atoms with Gasteiger partial charge in [0.15, 0.2) is 0 Å². The van der Waals surface area contributed by atoms with E-state index in [1.54, 1.807) is 13.2 Å². The molecule has 3 nitrogen and oxygen atoms in total. The van der Waals surface area contributed by atoms with Gasteiger partial charge in [-0.25, -0.2) is 0 Å². The lowest BCUT2D eigenvalue weighted by Gasteiger charge is -2.18. The van der Waals surface area contributed by atoms with Gasteiger partial charge in [0.1, 0.15) is 5.75 Å². The molecule has 0 unspecified atom stereocenters. The Labute approximate surface area is 166 Å². The summed E-state index contributed by atoms with van der Waals surface area (Å²) in [6.45, 7) is 0. The van der Waals surface area contributed by atoms with Crippen molar-refractivity contribution in [3.05, 3.63) is 34.3 Å². The minimum absolute atomic E-state index is 0.00837. The second-order valence-corrected chi connectivity index (χ2v) is 8.05. The number of nitrogens with one attached hydrogen (secondary N) is 1. The van der Waals surface area contributed by atoms with Gasteiger partial charge >= 0.3 is 0 Å². The summed E-state index contributed by atoms with van der Waals surface area (Å²) in [6, 6.07) is 6.12. The zero-order valence-electron chi connectivity index (χ0n) is 15.9. The monoisotopic (exact) mass is 421 g/mol. The maximum atomic E-state index is 12.3. The molecule has 2 rings (SSSR count). The van der Waals surface area contributed by atoms with E-state index in [1.165, 1.54) is 57.8 Å². The lowest BCUT2D eigenvalue weighted by Crippen LogP contribution is -2.33. The number of methoxy groups -OCH3 is 1. The van der Waals surface area contributed by atoms with Crippen LogP contribution in [0.15, 0.2) is 28.7 Å². The molecule has 0 spiro atoms. The first-order chi connectivity index (χ1) is 12.7. The number of hydrogen-bond donors (Lipinski definition) is 1. The lowest BCUT2D eigenvalue weighted by molar-refractivity contribution is -0.117. The number of halogens is 1. The molecule has 0 saturated heterocycles. The summed E-state index contributed by atoms with van der Waals surface area (Å²) in [7, 11) is 1.64. The molecule has 1 N–H and O–H groups in total. The Kier molecular flexibility index (Phi) is 9.83. The van der Waals surface area contributed by atoms with E-state index in [1.807, 2.05) is 24.3 Å². The number of ether oxygens (including phenoxy) is 1. The zero-order chi connectivity index (χ0) is 18.6. The molecule has 1 saturated carbocycles. The molecule has 1 aromatic rings. The van der Waals surface area contributed by atoms with Gasteiger partial charge in [-0.3, -0.25) is 4.79 Å². The first kappa shape index (κ1) is 21.0. The summed E-state index contributed by atoms with van der Waals surface area (Å²) in [6.07, 6.45) is 17.6. The number of hydrogen-bond acceptors (Lipinski definition) is 2. The highest BCUT2D eigenvalue weighted by atomic mass is 79.9. The average molecular weight is 422 g/mol. The van der Waals surface area contributed by atoms with Crippen molar-refractivity contribution in [3.63, 3.8) is 0 Å². The molecule has 26 heavy (non-hydrogen) atoms. The van der Waals surface area contributed by atoms with Crippen LogP contribution in [0.25, 0.3) is 6.08 Å². The normalized spacial score (nSPS) is 18.1. The quantitative estimate of drug-likeness (QED) is 0.582. The third-order valence-corrected chi connectivity index (χ3v) is 5.67. The minimum Gasteiger partial charge on any atom is -0.496 e. The molecule has 0 atom stereocenters. The van der Waals surface area contributed by atoms with E-state index in [9.17, 15) is 4.79 Å². The number of rotatable bonds is 4. The fraction of sp³-hybridized carbons (Fsp3) is 0.591. The Hall–Kier alpha value is -1.29. The average Bonchev–Trinajstić information content (AvgIpc) is 2.62. The van der Waals surface area contributed by atoms with E-state index < -0.39 is 0 Å². The van der Waals surface area contributed by atoms with Crippen molar-refractivity contribution in [2.45, 2.75) is 76.7 Å². The van der Waals surface area contributed by atoms with Crippen molar-refractivity contribution in [1.82, 2.24) is 5.32 Å². The van der Waals surface area contributed by atoms with Gasteiger partial charge in [0.25, 0.3) is 0 Å². The van der Waals surface area contributed by atoms with Crippen LogP contribution in [0.1, 0.15) is 76.2 Å². The number of benzene rings is 1. The molecule has 1 aliphatic carbocycles. The van der Waals surface area contributed by atoms with Crippen LogP contribution in [0.2, 0.25) is 0 Å². The van der Waals surface area contributed by atoms with Crippen LogP contribution in [0.5, 0.6) is 5.75 Å². The topological polar surface area (TPSA) is 38.3 Å². The SMILES string of the molecule is COc1ccc(/C=C/C(=O)NC2CCCCCCCCCCC2)cc1Br. The summed E-state index contributed by atoms with van der Waals surface area (Å²) < 4.78 is 6.12. The van der Waals surface area contributed by atoms with Crippen molar-refractivity contribution in [2.24, 2.45) is 0 Å². The predicted molar refractivity (Wildman–Crippen MR) is 112 cm³/mol. The highest BCUT2D eigenvalue weighted by Crippen LogP contribution is 2.26. The fourth-order valence-electron chi connectivity index (χ4n) is 3.52. The van der Waals surface area contributed by atoms with Gasteiger partial charge in [0.2, 0.25) is 5.91 Å². The molecular formula is C22H32BrNO2. The van der Waals surface area contributed by atoms with Crippen molar-refractivity contribution in [3.8, 4) is 5.75 Å². The van der Waals surface area contributed by atoms with Crippen LogP contribution >= 0.6 is 15.9 Å². The fourth-order valence-corrected chi connectivity index (χ4v) is 4.07. The molecule has 0 heterocycles. The van der Waals surface area contributed by atoms with E-state index in [0.29, 0.717) is 6.04 Å². The van der Waals surface area contributed by atoms with Gasteiger partial charge in [-0.2, -0.15) is 0 Å². The maximum absolute atomic E-state index is 12.3. The third-order valence-electron chi connectivity index (χ3n) is 5.05. The first-order valence-electron chi connectivity index (χ1n) is 10.0. The summed E-state index contributed by atoms with van der Waals surface area (Å²) in [5.74, 6) is 0.800. The summed E-state index contributed by atoms with van der Waals surface area (Å²) in [5.41, 5.74) is 0.978. The Balaban J connectivity index is 1.85. The van der Waals surface area contributed by atoms with Gasteiger partial charge in [0, 0.05) is 12.1 Å². The van der Waals surface area contributed by atoms with Crippen LogP contribution in [0.4, 0.5) is 0 Å². The molecule has 0 aromatic heterocycles. The van der Waals surface area contributed by atoms with Crippen molar-refractivity contribution in [2.75, 3.05) is 7.11 Å². The van der Waals surface area contributed by atoms with E-state index in [4.69, 9.17) is 4.74 Å². The lowest BCUT2D eigenvalue weighted by atomic mass is 9.98. The first-order valence-corrected chi connectivity index (χ1v) is 10.8. The van der Waals surface area contributed by atoms with Gasteiger partial charge < -0.3 is 10.1 Å². The second kappa shape index (κ2) is 12.2. The minimum atomic E-state index is 0.00837. The Morgan fingerprint density at radius 1 is 1.04 bits per heavy atom. The van der Waals surface area contributed by atoms with Crippen LogP contribution in [-0.2, 0) is 4.79 Å². The summed E-state index contributed by atoms with van der Waals surface area (Å²) >= 11 is 3.48. The Bertz CT molecular complexity index is 574. The maximum Gasteiger partial charge on any atom is 0.244 e. The molecule has 4 heteroatoms. The molecule has 0 aliphatic heterocycles. The molecule has 0 radical (unpaired) electrons. The number of amides is 1.